The Labute approximate surface area is 136 Å². The molecular weight excluding hydrogens is 324 g/mol. The number of carbonyl (C=O) groups is 2. The van der Waals surface area contributed by atoms with E-state index >= 15 is 0 Å². The second-order valence-electron chi connectivity index (χ2n) is 4.15. The molecule has 0 bridgehead atoms. The molecule has 1 aromatic carbocycles. The highest BCUT2D eigenvalue weighted by atomic mass is 32.2. The van der Waals surface area contributed by atoms with Crippen LogP contribution in [0.3, 0.4) is 0 Å². The largest absolute Gasteiger partial charge is 0.475 e. The summed E-state index contributed by atoms with van der Waals surface area (Å²) in [6.07, 6.45) is 0.692. The predicted octanol–water partition coefficient (Wildman–Crippen LogP) is 1.22. The lowest BCUT2D eigenvalue weighted by molar-refractivity contribution is -0.130. The average Bonchev–Trinajstić information content (AvgIpc) is 2.99. The monoisotopic (exact) mass is 338 g/mol. The summed E-state index contributed by atoms with van der Waals surface area (Å²) in [5.41, 5.74) is 0.857. The number of hydrogen-bond acceptors (Lipinski definition) is 7. The molecule has 0 radical (unpaired) electrons. The molecule has 0 spiro atoms. The summed E-state index contributed by atoms with van der Waals surface area (Å²) in [6.45, 7) is 0.132. The van der Waals surface area contributed by atoms with Crippen LogP contribution in [0.5, 0.6) is 0 Å². The second kappa shape index (κ2) is 8.06. The van der Waals surface area contributed by atoms with Crippen molar-refractivity contribution in [3.63, 3.8) is 0 Å². The lowest BCUT2D eigenvalue weighted by atomic mass is 10.2. The van der Waals surface area contributed by atoms with Gasteiger partial charge in [-0.2, -0.15) is 4.83 Å². The third-order valence-electron chi connectivity index (χ3n) is 2.54. The van der Waals surface area contributed by atoms with Gasteiger partial charge in [0.15, 0.2) is 0 Å². The van der Waals surface area contributed by atoms with E-state index in [-0.39, 0.29) is 12.4 Å². The third-order valence-corrected chi connectivity index (χ3v) is 3.25. The molecule has 23 heavy (non-hydrogen) atoms. The molecule has 1 aliphatic rings. The second-order valence-corrected chi connectivity index (χ2v) is 4.97. The summed E-state index contributed by atoms with van der Waals surface area (Å²) in [5.74, 6) is -1.67. The molecule has 3 N–H and O–H groups in total. The van der Waals surface area contributed by atoms with Crippen molar-refractivity contribution in [3.05, 3.63) is 47.1 Å². The van der Waals surface area contributed by atoms with Crippen LogP contribution in [0.2, 0.25) is 0 Å². The molecule has 0 aliphatic carbocycles. The van der Waals surface area contributed by atoms with Crippen LogP contribution in [0.4, 0.5) is 4.79 Å². The molecule has 0 saturated carbocycles. The fourth-order valence-electron chi connectivity index (χ4n) is 1.56. The van der Waals surface area contributed by atoms with Crippen molar-refractivity contribution >= 4 is 29.8 Å². The number of nitrogens with one attached hydrogen (secondary N) is 2. The third kappa shape index (κ3) is 4.90. The number of nitrogens with zero attached hydrogens (tertiary/aromatic N) is 2. The summed E-state index contributed by atoms with van der Waals surface area (Å²) in [5, 5.41) is 16.3. The summed E-state index contributed by atoms with van der Waals surface area (Å²) >= 11 is 0.997. The summed E-state index contributed by atoms with van der Waals surface area (Å²) in [7, 11) is 1.23. The number of ether oxygens (including phenoxy) is 1. The first-order valence-corrected chi connectivity index (χ1v) is 7.17. The first-order chi connectivity index (χ1) is 11.1. The molecule has 1 aliphatic heterocycles. The van der Waals surface area contributed by atoms with Gasteiger partial charge in [-0.25, -0.2) is 14.6 Å². The number of rotatable bonds is 4. The van der Waals surface area contributed by atoms with E-state index in [0.29, 0.717) is 5.03 Å². The molecular formula is C13H14N4O5S. The minimum absolute atomic E-state index is 0.132. The van der Waals surface area contributed by atoms with Gasteiger partial charge in [-0.15, -0.1) is 0 Å². The maximum atomic E-state index is 11.7. The van der Waals surface area contributed by atoms with Crippen LogP contribution in [-0.4, -0.2) is 35.1 Å². The quantitative estimate of drug-likeness (QED) is 0.325. The smallest absolute Gasteiger partial charge is 0.412 e. The molecule has 0 fully saturated rings. The summed E-state index contributed by atoms with van der Waals surface area (Å²) in [6, 6.07) is 9.22. The molecule has 10 heteroatoms. The molecule has 0 unspecified atom stereocenters. The number of hydrogen-bond donors (Lipinski definition) is 3. The van der Waals surface area contributed by atoms with Crippen LogP contribution >= 0.6 is 11.9 Å². The van der Waals surface area contributed by atoms with Crippen molar-refractivity contribution in [2.45, 2.75) is 6.61 Å². The van der Waals surface area contributed by atoms with Crippen molar-refractivity contribution in [2.75, 3.05) is 7.11 Å². The maximum Gasteiger partial charge on any atom is 0.412 e. The number of alkyl carbamates (subject to hydrolysis) is 1. The normalized spacial score (nSPS) is 14.2. The van der Waals surface area contributed by atoms with E-state index in [1.807, 2.05) is 30.3 Å². The lowest BCUT2D eigenvalue weighted by Crippen LogP contribution is -2.37. The Hall–Kier alpha value is -2.72. The summed E-state index contributed by atoms with van der Waals surface area (Å²) in [4.78, 5) is 29.8. The van der Waals surface area contributed by atoms with Gasteiger partial charge in [0.1, 0.15) is 18.7 Å². The van der Waals surface area contributed by atoms with Crippen LogP contribution in [0.15, 0.2) is 46.7 Å². The van der Waals surface area contributed by atoms with Gasteiger partial charge in [0, 0.05) is 0 Å². The van der Waals surface area contributed by atoms with Gasteiger partial charge in [-0.3, -0.25) is 5.32 Å². The topological polar surface area (TPSA) is 112 Å². The molecule has 1 aromatic rings. The van der Waals surface area contributed by atoms with Crippen LogP contribution in [0.25, 0.3) is 0 Å². The maximum absolute atomic E-state index is 11.7. The molecule has 122 valence electrons. The van der Waals surface area contributed by atoms with Crippen molar-refractivity contribution < 1.29 is 24.3 Å². The minimum Gasteiger partial charge on any atom is -0.475 e. The fraction of sp³-hybridized carbons (Fsp3) is 0.154. The van der Waals surface area contributed by atoms with Crippen molar-refractivity contribution in [2.24, 2.45) is 5.16 Å². The van der Waals surface area contributed by atoms with Gasteiger partial charge in [-0.1, -0.05) is 35.5 Å². The molecule has 9 nitrogen and oxygen atoms in total. The molecule has 0 aromatic heterocycles. The van der Waals surface area contributed by atoms with E-state index in [0.717, 1.165) is 22.5 Å². The van der Waals surface area contributed by atoms with Gasteiger partial charge < -0.3 is 14.7 Å². The van der Waals surface area contributed by atoms with Gasteiger partial charge in [-0.05, 0) is 17.5 Å². The van der Waals surface area contributed by atoms with E-state index in [1.54, 1.807) is 0 Å². The predicted molar refractivity (Wildman–Crippen MR) is 82.5 cm³/mol. The lowest BCUT2D eigenvalue weighted by Gasteiger charge is -2.11. The van der Waals surface area contributed by atoms with Gasteiger partial charge in [0.05, 0.1) is 6.20 Å². The zero-order valence-corrected chi connectivity index (χ0v) is 12.9. The number of oxime groups is 1. The Bertz CT molecular complexity index is 635. The Morgan fingerprint density at radius 2 is 2.13 bits per heavy atom. The minimum atomic E-state index is -1.29. The SMILES string of the molecule is CO/N=C(\C(=O)O)N1C=C(NC(=O)OCc2ccccc2)SN1. The number of carboxylic acid groups (broad SMARTS) is 1. The molecule has 2 rings (SSSR count). The van der Waals surface area contributed by atoms with Crippen LogP contribution < -0.4 is 10.1 Å². The van der Waals surface area contributed by atoms with Crippen LogP contribution in [0.1, 0.15) is 5.56 Å². The fourth-order valence-corrected chi connectivity index (χ4v) is 2.19. The Balaban J connectivity index is 1.88. The zero-order chi connectivity index (χ0) is 16.7. The Morgan fingerprint density at radius 3 is 2.78 bits per heavy atom. The van der Waals surface area contributed by atoms with E-state index in [4.69, 9.17) is 9.84 Å². The highest BCUT2D eigenvalue weighted by Gasteiger charge is 2.25. The molecule has 1 heterocycles. The van der Waals surface area contributed by atoms with Crippen molar-refractivity contribution in [1.29, 1.82) is 0 Å². The number of benzene rings is 1. The van der Waals surface area contributed by atoms with Gasteiger partial charge in [0.2, 0.25) is 0 Å². The van der Waals surface area contributed by atoms with Gasteiger partial charge >= 0.3 is 12.1 Å². The Kier molecular flexibility index (Phi) is 5.83. The molecule has 0 saturated heterocycles. The number of amidine groups is 1. The van der Waals surface area contributed by atoms with E-state index in [1.165, 1.54) is 13.3 Å². The number of carboxylic acids is 1. The average molecular weight is 338 g/mol. The van der Waals surface area contributed by atoms with Gasteiger partial charge in [0.25, 0.3) is 5.84 Å². The van der Waals surface area contributed by atoms with Crippen LogP contribution in [0, 0.1) is 0 Å². The number of amides is 1. The highest BCUT2D eigenvalue weighted by Crippen LogP contribution is 2.18. The Morgan fingerprint density at radius 1 is 1.39 bits per heavy atom. The number of carbonyl (C=O) groups excluding carboxylic acids is 1. The van der Waals surface area contributed by atoms with E-state index in [9.17, 15) is 9.59 Å². The zero-order valence-electron chi connectivity index (χ0n) is 12.1. The summed E-state index contributed by atoms with van der Waals surface area (Å²) < 4.78 is 5.06. The number of aliphatic carboxylic acids is 1. The van der Waals surface area contributed by atoms with Crippen LogP contribution in [-0.2, 0) is 21.0 Å². The molecule has 0 atom stereocenters. The first kappa shape index (κ1) is 16.6. The highest BCUT2D eigenvalue weighted by molar-refractivity contribution is 8.01. The van der Waals surface area contributed by atoms with Crippen molar-refractivity contribution in [3.8, 4) is 0 Å². The standard InChI is InChI=1S/C13H14N4O5S/c1-21-15-11(12(18)19)17-7-10(23-16-17)14-13(20)22-8-9-5-3-2-4-6-9/h2-7,16H,8H2,1H3,(H,14,20)(H,18,19)/b15-11+. The van der Waals surface area contributed by atoms with Crippen molar-refractivity contribution in [1.82, 2.24) is 15.2 Å². The van der Waals surface area contributed by atoms with E-state index in [2.05, 4.69) is 20.1 Å². The van der Waals surface area contributed by atoms with E-state index < -0.39 is 12.1 Å². The first-order valence-electron chi connectivity index (χ1n) is 6.36. The molecule has 1 amide bonds. The number of hydrazine groups is 1.